The molecule has 0 saturated heterocycles. The Hall–Kier alpha value is -2.18. The molecule has 7 heteroatoms. The number of phenolic OH excluding ortho intramolecular Hbond substituents is 1. The predicted molar refractivity (Wildman–Crippen MR) is 110 cm³/mol. The molecule has 0 atom stereocenters. The summed E-state index contributed by atoms with van der Waals surface area (Å²) in [6, 6.07) is 7.54. The molecule has 0 saturated carbocycles. The third-order valence-corrected chi connectivity index (χ3v) is 5.14. The van der Waals surface area contributed by atoms with E-state index in [1.165, 1.54) is 44.9 Å². The topological polar surface area (TPSA) is 107 Å². The maximum atomic E-state index is 10.5. The molecule has 0 aliphatic heterocycles. The minimum Gasteiger partial charge on any atom is -0.508 e. The largest absolute Gasteiger partial charge is 0.508 e. The normalized spacial score (nSPS) is 11.0. The second kappa shape index (κ2) is 14.8. The quantitative estimate of drug-likeness (QED) is 0.153. The van der Waals surface area contributed by atoms with E-state index in [0.29, 0.717) is 12.2 Å². The standard InChI is InChI=1S/C21H34N2O5/c24-20-17-14-13-16-19(20)15-11-9-7-5-3-1-2-4-6-8-10-12-18-21(22(25)26)23(27)28/h13-14,16-17,21,24H,1-12,15,18H2. The van der Waals surface area contributed by atoms with Crippen LogP contribution in [0.15, 0.2) is 24.3 Å². The fourth-order valence-electron chi connectivity index (χ4n) is 3.42. The van der Waals surface area contributed by atoms with Gasteiger partial charge in [0, 0.05) is 0 Å². The van der Waals surface area contributed by atoms with E-state index < -0.39 is 16.0 Å². The van der Waals surface area contributed by atoms with Crippen LogP contribution in [0.5, 0.6) is 5.75 Å². The number of nitrogens with zero attached hydrogens (tertiary/aromatic N) is 2. The average molecular weight is 395 g/mol. The number of aromatic hydroxyl groups is 1. The van der Waals surface area contributed by atoms with Gasteiger partial charge >= 0.3 is 6.17 Å². The fourth-order valence-corrected chi connectivity index (χ4v) is 3.42. The number of phenols is 1. The Balaban J connectivity index is 1.85. The van der Waals surface area contributed by atoms with Gasteiger partial charge in [-0.25, -0.2) is 0 Å². The summed E-state index contributed by atoms with van der Waals surface area (Å²) in [5, 5.41) is 30.8. The van der Waals surface area contributed by atoms with Crippen molar-refractivity contribution in [3.63, 3.8) is 0 Å². The van der Waals surface area contributed by atoms with Crippen molar-refractivity contribution in [3.05, 3.63) is 50.1 Å². The molecule has 0 aromatic heterocycles. The zero-order valence-electron chi connectivity index (χ0n) is 16.8. The Labute approximate surface area is 167 Å². The van der Waals surface area contributed by atoms with E-state index in [4.69, 9.17) is 0 Å². The van der Waals surface area contributed by atoms with Crippen molar-refractivity contribution in [3.8, 4) is 5.75 Å². The van der Waals surface area contributed by atoms with Gasteiger partial charge in [0.05, 0.1) is 16.3 Å². The first kappa shape index (κ1) is 23.9. The lowest BCUT2D eigenvalue weighted by Gasteiger charge is -2.05. The third kappa shape index (κ3) is 10.8. The van der Waals surface area contributed by atoms with Crippen molar-refractivity contribution < 1.29 is 15.0 Å². The summed E-state index contributed by atoms with van der Waals surface area (Å²) in [5.41, 5.74) is 1.04. The summed E-state index contributed by atoms with van der Waals surface area (Å²) in [5.74, 6) is 0.401. The summed E-state index contributed by atoms with van der Waals surface area (Å²) < 4.78 is 0. The first-order chi connectivity index (χ1) is 13.5. The van der Waals surface area contributed by atoms with Gasteiger partial charge in [0.1, 0.15) is 5.75 Å². The van der Waals surface area contributed by atoms with Crippen LogP contribution in [0.2, 0.25) is 0 Å². The number of rotatable bonds is 17. The molecule has 0 bridgehead atoms. The summed E-state index contributed by atoms with van der Waals surface area (Å²) in [4.78, 5) is 19.4. The predicted octanol–water partition coefficient (Wildman–Crippen LogP) is 5.89. The fraction of sp³-hybridized carbons (Fsp3) is 0.714. The molecule has 0 amide bonds. The Kier molecular flexibility index (Phi) is 12.6. The van der Waals surface area contributed by atoms with Crippen LogP contribution in [0.4, 0.5) is 0 Å². The lowest BCUT2D eigenvalue weighted by atomic mass is 10.0. The molecule has 158 valence electrons. The molecule has 0 heterocycles. The van der Waals surface area contributed by atoms with E-state index >= 15 is 0 Å². The monoisotopic (exact) mass is 394 g/mol. The molecule has 28 heavy (non-hydrogen) atoms. The molecule has 1 N–H and O–H groups in total. The van der Waals surface area contributed by atoms with Gasteiger partial charge in [0.15, 0.2) is 0 Å². The van der Waals surface area contributed by atoms with Gasteiger partial charge in [-0.2, -0.15) is 0 Å². The molecule has 1 rings (SSSR count). The van der Waals surface area contributed by atoms with Gasteiger partial charge in [0.2, 0.25) is 0 Å². The maximum absolute atomic E-state index is 10.5. The lowest BCUT2D eigenvalue weighted by molar-refractivity contribution is -0.743. The van der Waals surface area contributed by atoms with Crippen molar-refractivity contribution in [2.24, 2.45) is 0 Å². The summed E-state index contributed by atoms with van der Waals surface area (Å²) in [7, 11) is 0. The minimum atomic E-state index is -1.64. The first-order valence-corrected chi connectivity index (χ1v) is 10.6. The maximum Gasteiger partial charge on any atom is 0.450 e. The number of hydrogen-bond donors (Lipinski definition) is 1. The van der Waals surface area contributed by atoms with E-state index in [-0.39, 0.29) is 6.42 Å². The highest BCUT2D eigenvalue weighted by molar-refractivity contribution is 5.31. The molecule has 0 unspecified atom stereocenters. The molecule has 1 aromatic rings. The molecule has 0 radical (unpaired) electrons. The molecule has 0 spiro atoms. The zero-order valence-corrected chi connectivity index (χ0v) is 16.8. The Morgan fingerprint density at radius 3 is 1.61 bits per heavy atom. The second-order valence-electron chi connectivity index (χ2n) is 7.46. The SMILES string of the molecule is O=[N+]([O-])C(CCCCCCCCCCCCCCc1ccccc1O)[N+](=O)[O-]. The van der Waals surface area contributed by atoms with Gasteiger partial charge in [-0.1, -0.05) is 82.4 Å². The molecule has 7 nitrogen and oxygen atoms in total. The van der Waals surface area contributed by atoms with Crippen molar-refractivity contribution >= 4 is 0 Å². The number of hydrogen-bond acceptors (Lipinski definition) is 5. The lowest BCUT2D eigenvalue weighted by Crippen LogP contribution is -2.28. The van der Waals surface area contributed by atoms with E-state index in [2.05, 4.69) is 0 Å². The third-order valence-electron chi connectivity index (χ3n) is 5.14. The highest BCUT2D eigenvalue weighted by atomic mass is 16.7. The number of aryl methyl sites for hydroxylation is 1. The number of nitro groups is 2. The summed E-state index contributed by atoms with van der Waals surface area (Å²) >= 11 is 0. The minimum absolute atomic E-state index is 0.0316. The number of unbranched alkanes of at least 4 members (excludes halogenated alkanes) is 11. The summed E-state index contributed by atoms with van der Waals surface area (Å²) in [6.45, 7) is 0. The second-order valence-corrected chi connectivity index (χ2v) is 7.46. The van der Waals surface area contributed by atoms with Crippen LogP contribution in [-0.4, -0.2) is 21.1 Å². The molecular formula is C21H34N2O5. The summed E-state index contributed by atoms with van der Waals surface area (Å²) in [6.07, 6.45) is 12.5. The molecule has 1 aromatic carbocycles. The van der Waals surface area contributed by atoms with Crippen LogP contribution in [0.3, 0.4) is 0 Å². The van der Waals surface area contributed by atoms with Crippen molar-refractivity contribution in [1.29, 1.82) is 0 Å². The molecule has 0 aliphatic carbocycles. The van der Waals surface area contributed by atoms with Gasteiger partial charge in [-0.15, -0.1) is 0 Å². The molecule has 0 aliphatic rings. The van der Waals surface area contributed by atoms with E-state index in [1.54, 1.807) is 6.07 Å². The van der Waals surface area contributed by atoms with Crippen LogP contribution in [0, 0.1) is 20.2 Å². The van der Waals surface area contributed by atoms with E-state index in [0.717, 1.165) is 37.7 Å². The Morgan fingerprint density at radius 1 is 0.714 bits per heavy atom. The van der Waals surface area contributed by atoms with Gasteiger partial charge in [-0.3, -0.25) is 20.2 Å². The van der Waals surface area contributed by atoms with Gasteiger partial charge in [0.25, 0.3) is 0 Å². The number of benzene rings is 1. The van der Waals surface area contributed by atoms with Crippen LogP contribution >= 0.6 is 0 Å². The van der Waals surface area contributed by atoms with Crippen molar-refractivity contribution in [2.75, 3.05) is 0 Å². The van der Waals surface area contributed by atoms with E-state index in [9.17, 15) is 25.3 Å². The average Bonchev–Trinajstić information content (AvgIpc) is 2.65. The molecule has 0 fully saturated rings. The van der Waals surface area contributed by atoms with Crippen LogP contribution in [-0.2, 0) is 6.42 Å². The van der Waals surface area contributed by atoms with Gasteiger partial charge in [-0.05, 0) is 30.9 Å². The van der Waals surface area contributed by atoms with Crippen LogP contribution < -0.4 is 0 Å². The Morgan fingerprint density at radius 2 is 1.14 bits per heavy atom. The van der Waals surface area contributed by atoms with Crippen molar-refractivity contribution in [1.82, 2.24) is 0 Å². The smallest absolute Gasteiger partial charge is 0.450 e. The van der Waals surface area contributed by atoms with Crippen LogP contribution in [0.25, 0.3) is 0 Å². The number of para-hydroxylation sites is 1. The van der Waals surface area contributed by atoms with E-state index in [1.807, 2.05) is 18.2 Å². The highest BCUT2D eigenvalue weighted by Gasteiger charge is 2.30. The van der Waals surface area contributed by atoms with Crippen molar-refractivity contribution in [2.45, 2.75) is 96.1 Å². The van der Waals surface area contributed by atoms with Gasteiger partial charge < -0.3 is 5.11 Å². The Bertz CT molecular complexity index is 566. The molecular weight excluding hydrogens is 360 g/mol. The van der Waals surface area contributed by atoms with Crippen LogP contribution in [0.1, 0.15) is 89.0 Å². The first-order valence-electron chi connectivity index (χ1n) is 10.6. The highest BCUT2D eigenvalue weighted by Crippen LogP contribution is 2.19. The zero-order chi connectivity index (χ0) is 20.6.